The number of nitrogens with one attached hydrogen (secondary N) is 3. The van der Waals surface area contributed by atoms with Crippen molar-refractivity contribution in [3.05, 3.63) is 107 Å². The zero-order chi connectivity index (χ0) is 40.7. The van der Waals surface area contributed by atoms with E-state index in [-0.39, 0.29) is 29.8 Å². The summed E-state index contributed by atoms with van der Waals surface area (Å²) in [7, 11) is 0. The lowest BCUT2D eigenvalue weighted by molar-refractivity contribution is -0.133. The molecule has 4 N–H and O–H groups in total. The maximum Gasteiger partial charge on any atom is 0.278 e. The number of rotatable bonds is 11. The number of carbonyl (C=O) groups excluding carboxylic acids is 2. The molecule has 9 rings (SSSR count). The highest BCUT2D eigenvalue weighted by Gasteiger charge is 2.37. The molecule has 4 aliphatic rings. The van der Waals surface area contributed by atoms with E-state index in [9.17, 15) is 19.5 Å². The van der Waals surface area contributed by atoms with Gasteiger partial charge in [-0.2, -0.15) is 4.98 Å². The van der Waals surface area contributed by atoms with E-state index in [0.29, 0.717) is 66.3 Å². The average molecular weight is 797 g/mol. The summed E-state index contributed by atoms with van der Waals surface area (Å²) in [4.78, 5) is 56.5. The van der Waals surface area contributed by atoms with Crippen molar-refractivity contribution in [1.82, 2.24) is 34.9 Å². The van der Waals surface area contributed by atoms with Crippen molar-refractivity contribution in [3.8, 4) is 5.82 Å². The van der Waals surface area contributed by atoms with Crippen molar-refractivity contribution in [2.75, 3.05) is 41.3 Å². The number of aliphatic hydroxyl groups is 1. The maximum absolute atomic E-state index is 13.5. The van der Waals surface area contributed by atoms with Crippen LogP contribution in [0.5, 0.6) is 0 Å². The molecule has 3 fully saturated rings. The summed E-state index contributed by atoms with van der Waals surface area (Å²) >= 11 is 0. The van der Waals surface area contributed by atoms with Crippen LogP contribution in [0.15, 0.2) is 84.3 Å². The largest absolute Gasteiger partial charge is 0.384 e. The van der Waals surface area contributed by atoms with Crippen LogP contribution in [-0.4, -0.2) is 79.5 Å². The van der Waals surface area contributed by atoms with E-state index in [1.165, 1.54) is 11.4 Å². The van der Waals surface area contributed by atoms with Gasteiger partial charge in [0.05, 0.1) is 12.2 Å². The molecule has 14 nitrogen and oxygen atoms in total. The lowest BCUT2D eigenvalue weighted by Gasteiger charge is -2.39. The predicted octanol–water partition coefficient (Wildman–Crippen LogP) is 5.20. The number of fused-ring (bicyclic) bond motifs is 2. The van der Waals surface area contributed by atoms with Crippen LogP contribution in [0.3, 0.4) is 0 Å². The van der Waals surface area contributed by atoms with Gasteiger partial charge in [-0.05, 0) is 98.5 Å². The smallest absolute Gasteiger partial charge is 0.278 e. The Morgan fingerprint density at radius 1 is 0.898 bits per heavy atom. The van der Waals surface area contributed by atoms with Crippen molar-refractivity contribution < 1.29 is 14.7 Å². The van der Waals surface area contributed by atoms with Gasteiger partial charge in [0.15, 0.2) is 11.5 Å². The Hall–Kier alpha value is -5.86. The molecule has 59 heavy (non-hydrogen) atoms. The molecule has 0 spiro atoms. The average Bonchev–Trinajstić information content (AvgIpc) is 3.73. The summed E-state index contributed by atoms with van der Waals surface area (Å²) in [5.74, 6) is 0.440. The Kier molecular flexibility index (Phi) is 10.5. The van der Waals surface area contributed by atoms with Crippen LogP contribution >= 0.6 is 0 Å². The van der Waals surface area contributed by atoms with Crippen LogP contribution in [-0.2, 0) is 28.2 Å². The standard InChI is InChI=1S/C45H52N10O4/c1-3-20-54-43(58)37-28-46-44(51-42(37)55(54)38-13-8-29-14-19-45(59,4-2)41(29)49-38)48-32-9-11-35(12-10-32)52-21-15-33(16-22-52)47-34-17-23-53(24-18-34)36-7-5-6-30(25-36)31-26-39(56)50-40(57)27-31/h3,5-13,25,28,31,33-34,47,59H,1,4,14-24,26-27H2,2H3,(H,46,48,51)(H,50,56,57)/t45-/m1/s1. The molecule has 0 saturated carbocycles. The quantitative estimate of drug-likeness (QED) is 0.103. The van der Waals surface area contributed by atoms with Gasteiger partial charge in [0.2, 0.25) is 17.8 Å². The van der Waals surface area contributed by atoms with Gasteiger partial charge in [0.1, 0.15) is 11.0 Å². The number of hydrogen-bond donors (Lipinski definition) is 4. The van der Waals surface area contributed by atoms with Gasteiger partial charge in [-0.15, -0.1) is 6.58 Å². The number of aryl methyl sites for hydroxylation is 1. The normalized spacial score (nSPS) is 20.6. The molecule has 2 amide bonds. The highest BCUT2D eigenvalue weighted by molar-refractivity contribution is 5.98. The summed E-state index contributed by atoms with van der Waals surface area (Å²) in [5, 5.41) is 21.4. The molecule has 6 heterocycles. The topological polar surface area (TPSA) is 163 Å². The van der Waals surface area contributed by atoms with Gasteiger partial charge >= 0.3 is 0 Å². The van der Waals surface area contributed by atoms with Crippen LogP contribution in [0.2, 0.25) is 0 Å². The number of hydrogen-bond acceptors (Lipinski definition) is 11. The third-order valence-electron chi connectivity index (χ3n) is 12.8. The number of nitrogens with zero attached hydrogens (tertiary/aromatic N) is 7. The van der Waals surface area contributed by atoms with Gasteiger partial charge in [0, 0.05) is 80.3 Å². The number of benzene rings is 2. The second-order valence-corrected chi connectivity index (χ2v) is 16.5. The number of pyridine rings is 1. The molecular weight excluding hydrogens is 745 g/mol. The second kappa shape index (κ2) is 16.1. The van der Waals surface area contributed by atoms with E-state index < -0.39 is 5.60 Å². The molecule has 0 unspecified atom stereocenters. The summed E-state index contributed by atoms with van der Waals surface area (Å²) in [5.41, 5.74) is 5.13. The molecule has 3 saturated heterocycles. The Morgan fingerprint density at radius 3 is 2.27 bits per heavy atom. The minimum Gasteiger partial charge on any atom is -0.384 e. The van der Waals surface area contributed by atoms with E-state index in [1.807, 2.05) is 43.3 Å². The number of imide groups is 1. The number of aromatic nitrogens is 5. The number of anilines is 4. The van der Waals surface area contributed by atoms with E-state index >= 15 is 0 Å². The highest BCUT2D eigenvalue weighted by Crippen LogP contribution is 2.38. The predicted molar refractivity (Wildman–Crippen MR) is 229 cm³/mol. The molecule has 3 aliphatic heterocycles. The van der Waals surface area contributed by atoms with Crippen molar-refractivity contribution in [2.24, 2.45) is 0 Å². The fraction of sp³-hybridized carbons (Fsp3) is 0.422. The van der Waals surface area contributed by atoms with E-state index in [2.05, 4.69) is 61.6 Å². The van der Waals surface area contributed by atoms with Crippen molar-refractivity contribution in [3.63, 3.8) is 0 Å². The maximum atomic E-state index is 13.5. The van der Waals surface area contributed by atoms with Gasteiger partial charge in [-0.1, -0.05) is 31.2 Å². The molecule has 1 aliphatic carbocycles. The second-order valence-electron chi connectivity index (χ2n) is 16.5. The fourth-order valence-corrected chi connectivity index (χ4v) is 9.43. The molecular formula is C45H52N10O4. The van der Waals surface area contributed by atoms with Gasteiger partial charge in [-0.25, -0.2) is 19.3 Å². The minimum absolute atomic E-state index is 0.0534. The van der Waals surface area contributed by atoms with Crippen LogP contribution in [0.1, 0.15) is 81.0 Å². The van der Waals surface area contributed by atoms with Crippen LogP contribution in [0, 0.1) is 0 Å². The van der Waals surface area contributed by atoms with Crippen LogP contribution in [0.4, 0.5) is 23.0 Å². The minimum atomic E-state index is -0.989. The van der Waals surface area contributed by atoms with Gasteiger partial charge < -0.3 is 25.5 Å². The Morgan fingerprint density at radius 2 is 1.59 bits per heavy atom. The Balaban J connectivity index is 0.803. The number of piperidine rings is 3. The monoisotopic (exact) mass is 796 g/mol. The first-order valence-electron chi connectivity index (χ1n) is 21.1. The molecule has 306 valence electrons. The molecule has 2 aromatic carbocycles. The molecule has 0 bridgehead atoms. The Bertz CT molecular complexity index is 2430. The highest BCUT2D eigenvalue weighted by atomic mass is 16.3. The number of allylic oxidation sites excluding steroid dienone is 1. The molecule has 5 aromatic rings. The summed E-state index contributed by atoms with van der Waals surface area (Å²) in [6, 6.07) is 21.5. The summed E-state index contributed by atoms with van der Waals surface area (Å²) in [6.45, 7) is 9.98. The van der Waals surface area contributed by atoms with E-state index in [4.69, 9.17) is 9.97 Å². The summed E-state index contributed by atoms with van der Waals surface area (Å²) in [6.07, 6.45) is 10.2. The molecule has 1 atom stereocenters. The molecule has 3 aromatic heterocycles. The SMILES string of the molecule is C=CCn1c(=O)c2cnc(Nc3ccc(N4CCC(NC5CCN(c6cccc(C7CC(=O)NC(=O)C7)c6)CC5)CC4)cc3)nc2n1-c1ccc2c(n1)[C@@](O)(CC)CC2. The molecule has 14 heteroatoms. The lowest BCUT2D eigenvalue weighted by atomic mass is 9.89. The zero-order valence-electron chi connectivity index (χ0n) is 33.6. The fourth-order valence-electron chi connectivity index (χ4n) is 9.43. The first-order valence-corrected chi connectivity index (χ1v) is 21.1. The first kappa shape index (κ1) is 38.6. The van der Waals surface area contributed by atoms with Gasteiger partial charge in [-0.3, -0.25) is 19.7 Å². The number of carbonyl (C=O) groups is 2. The van der Waals surface area contributed by atoms with Crippen molar-refractivity contribution in [2.45, 2.75) is 94.9 Å². The zero-order valence-corrected chi connectivity index (χ0v) is 33.6. The van der Waals surface area contributed by atoms with Crippen LogP contribution < -0.4 is 31.3 Å². The van der Waals surface area contributed by atoms with Gasteiger partial charge in [0.25, 0.3) is 5.56 Å². The van der Waals surface area contributed by atoms with Crippen LogP contribution in [0.25, 0.3) is 16.9 Å². The Labute approximate surface area is 343 Å². The summed E-state index contributed by atoms with van der Waals surface area (Å²) < 4.78 is 3.26. The third-order valence-corrected chi connectivity index (χ3v) is 12.8. The first-order chi connectivity index (χ1) is 28.7. The lowest BCUT2D eigenvalue weighted by Crippen LogP contribution is -2.50. The van der Waals surface area contributed by atoms with E-state index in [1.54, 1.807) is 21.6 Å². The number of amides is 2. The molecule has 0 radical (unpaired) electrons. The van der Waals surface area contributed by atoms with E-state index in [0.717, 1.165) is 75.1 Å². The van der Waals surface area contributed by atoms with Crippen molar-refractivity contribution in [1.29, 1.82) is 0 Å². The third kappa shape index (κ3) is 7.74. The van der Waals surface area contributed by atoms with Crippen molar-refractivity contribution >= 4 is 45.9 Å².